The first kappa shape index (κ1) is 18.4. The number of nitrogens with zero attached hydrogens (tertiary/aromatic N) is 4. The number of hydrogen-bond donors (Lipinski definition) is 2. The van der Waals surface area contributed by atoms with Crippen LogP contribution in [0, 0.1) is 0 Å². The van der Waals surface area contributed by atoms with Crippen molar-refractivity contribution in [3.8, 4) is 0 Å². The Kier molecular flexibility index (Phi) is 5.57. The number of benzene rings is 2. The highest BCUT2D eigenvalue weighted by molar-refractivity contribution is 6.02. The molecule has 2 heterocycles. The smallest absolute Gasteiger partial charge is 0.276 e. The van der Waals surface area contributed by atoms with E-state index in [9.17, 15) is 4.79 Å². The van der Waals surface area contributed by atoms with E-state index in [1.807, 2.05) is 54.7 Å². The second kappa shape index (κ2) is 8.79. The molecule has 4 aromatic rings. The van der Waals surface area contributed by atoms with Gasteiger partial charge in [-0.25, -0.2) is 4.98 Å². The van der Waals surface area contributed by atoms with Crippen molar-refractivity contribution in [2.45, 2.75) is 13.1 Å². The van der Waals surface area contributed by atoms with Crippen LogP contribution >= 0.6 is 0 Å². The fourth-order valence-corrected chi connectivity index (χ4v) is 2.87. The lowest BCUT2D eigenvalue weighted by Gasteiger charge is -2.09. The molecule has 2 aromatic carbocycles. The quantitative estimate of drug-likeness (QED) is 0.509. The summed E-state index contributed by atoms with van der Waals surface area (Å²) in [6.45, 7) is 1.26. The standard InChI is InChI=1S/C22H20N6O/c29-22(25-18-9-5-2-6-10-18)19-11-12-20(27-26-19)24-15-21-23-13-14-28(21)16-17-7-3-1-4-8-17/h1-14H,15-16H2,(H,24,27)(H,25,29). The first-order chi connectivity index (χ1) is 14.3. The number of amides is 1. The molecule has 0 fully saturated rings. The normalized spacial score (nSPS) is 10.5. The average Bonchev–Trinajstić information content (AvgIpc) is 3.21. The van der Waals surface area contributed by atoms with E-state index in [1.54, 1.807) is 18.3 Å². The summed E-state index contributed by atoms with van der Waals surface area (Å²) in [4.78, 5) is 16.6. The second-order valence-electron chi connectivity index (χ2n) is 6.43. The van der Waals surface area contributed by atoms with Crippen LogP contribution in [0.2, 0.25) is 0 Å². The number of hydrogen-bond acceptors (Lipinski definition) is 5. The maximum absolute atomic E-state index is 12.2. The van der Waals surface area contributed by atoms with Gasteiger partial charge in [-0.15, -0.1) is 10.2 Å². The third-order valence-electron chi connectivity index (χ3n) is 4.35. The summed E-state index contributed by atoms with van der Waals surface area (Å²) in [6, 6.07) is 22.8. The minimum Gasteiger partial charge on any atom is -0.361 e. The molecule has 7 heteroatoms. The Morgan fingerprint density at radius 1 is 0.897 bits per heavy atom. The summed E-state index contributed by atoms with van der Waals surface area (Å²) in [7, 11) is 0. The van der Waals surface area contributed by atoms with Gasteiger partial charge in [0, 0.05) is 24.6 Å². The van der Waals surface area contributed by atoms with E-state index in [4.69, 9.17) is 0 Å². The molecule has 7 nitrogen and oxygen atoms in total. The van der Waals surface area contributed by atoms with E-state index in [0.717, 1.165) is 12.4 Å². The molecule has 0 spiro atoms. The SMILES string of the molecule is O=C(Nc1ccccc1)c1ccc(NCc2nccn2Cc2ccccc2)nn1. The van der Waals surface area contributed by atoms with Gasteiger partial charge >= 0.3 is 0 Å². The molecule has 0 saturated carbocycles. The highest BCUT2D eigenvalue weighted by Gasteiger charge is 2.09. The molecule has 0 unspecified atom stereocenters. The van der Waals surface area contributed by atoms with Crippen molar-refractivity contribution in [1.29, 1.82) is 0 Å². The van der Waals surface area contributed by atoms with Crippen LogP contribution in [0.25, 0.3) is 0 Å². The van der Waals surface area contributed by atoms with Crippen LogP contribution in [0.1, 0.15) is 21.9 Å². The highest BCUT2D eigenvalue weighted by atomic mass is 16.1. The zero-order chi connectivity index (χ0) is 19.9. The minimum atomic E-state index is -0.298. The summed E-state index contributed by atoms with van der Waals surface area (Å²) in [5, 5.41) is 14.1. The molecule has 0 saturated heterocycles. The summed E-state index contributed by atoms with van der Waals surface area (Å²) >= 11 is 0. The van der Waals surface area contributed by atoms with Crippen LogP contribution in [0.15, 0.2) is 85.2 Å². The largest absolute Gasteiger partial charge is 0.361 e. The first-order valence-electron chi connectivity index (χ1n) is 9.26. The van der Waals surface area contributed by atoms with E-state index < -0.39 is 0 Å². The fraction of sp³-hybridized carbons (Fsp3) is 0.0909. The number of anilines is 2. The molecule has 1 amide bonds. The van der Waals surface area contributed by atoms with Gasteiger partial charge in [0.1, 0.15) is 11.6 Å². The molecule has 0 atom stereocenters. The van der Waals surface area contributed by atoms with Crippen molar-refractivity contribution >= 4 is 17.4 Å². The van der Waals surface area contributed by atoms with Crippen molar-refractivity contribution in [3.63, 3.8) is 0 Å². The Balaban J connectivity index is 1.35. The monoisotopic (exact) mass is 384 g/mol. The van der Waals surface area contributed by atoms with Gasteiger partial charge in [-0.1, -0.05) is 48.5 Å². The topological polar surface area (TPSA) is 84.7 Å². The van der Waals surface area contributed by atoms with Crippen LogP contribution < -0.4 is 10.6 Å². The van der Waals surface area contributed by atoms with Gasteiger partial charge in [-0.05, 0) is 29.8 Å². The number of imidazole rings is 1. The molecule has 29 heavy (non-hydrogen) atoms. The summed E-state index contributed by atoms with van der Waals surface area (Å²) < 4.78 is 2.08. The Morgan fingerprint density at radius 2 is 1.66 bits per heavy atom. The van der Waals surface area contributed by atoms with Crippen molar-refractivity contribution in [1.82, 2.24) is 19.7 Å². The third-order valence-corrected chi connectivity index (χ3v) is 4.35. The number of aromatic nitrogens is 4. The maximum Gasteiger partial charge on any atom is 0.276 e. The number of nitrogens with one attached hydrogen (secondary N) is 2. The van der Waals surface area contributed by atoms with Gasteiger partial charge in [0.05, 0.1) is 6.54 Å². The maximum atomic E-state index is 12.2. The van der Waals surface area contributed by atoms with Crippen LogP contribution in [-0.4, -0.2) is 25.7 Å². The van der Waals surface area contributed by atoms with Crippen LogP contribution in [0.5, 0.6) is 0 Å². The van der Waals surface area contributed by atoms with Gasteiger partial charge in [-0.2, -0.15) is 0 Å². The van der Waals surface area contributed by atoms with E-state index in [0.29, 0.717) is 18.1 Å². The summed E-state index contributed by atoms with van der Waals surface area (Å²) in [5.74, 6) is 1.17. The summed E-state index contributed by atoms with van der Waals surface area (Å²) in [5.41, 5.74) is 2.18. The molecular formula is C22H20N6O. The second-order valence-corrected chi connectivity index (χ2v) is 6.43. The van der Waals surface area contributed by atoms with Crippen LogP contribution in [0.4, 0.5) is 11.5 Å². The highest BCUT2D eigenvalue weighted by Crippen LogP contribution is 2.10. The number of carbonyl (C=O) groups excluding carboxylic acids is 1. The van der Waals surface area contributed by atoms with Crippen molar-refractivity contribution < 1.29 is 4.79 Å². The predicted octanol–water partition coefficient (Wildman–Crippen LogP) is 3.59. The van der Waals surface area contributed by atoms with Crippen LogP contribution in [-0.2, 0) is 13.1 Å². The third kappa shape index (κ3) is 4.84. The Hall–Kier alpha value is -4.00. The lowest BCUT2D eigenvalue weighted by molar-refractivity contribution is 0.102. The van der Waals surface area contributed by atoms with Crippen molar-refractivity contribution in [2.24, 2.45) is 0 Å². The lowest BCUT2D eigenvalue weighted by Crippen LogP contribution is -2.15. The van der Waals surface area contributed by atoms with Crippen molar-refractivity contribution in [3.05, 3.63) is 102 Å². The van der Waals surface area contributed by atoms with Gasteiger partial charge in [0.2, 0.25) is 0 Å². The Labute approximate surface area is 168 Å². The molecule has 0 aliphatic heterocycles. The van der Waals surface area contributed by atoms with Crippen LogP contribution in [0.3, 0.4) is 0 Å². The molecule has 2 N–H and O–H groups in total. The average molecular weight is 384 g/mol. The number of carbonyl (C=O) groups is 1. The molecule has 0 aliphatic carbocycles. The van der Waals surface area contributed by atoms with E-state index in [1.165, 1.54) is 5.56 Å². The Morgan fingerprint density at radius 3 is 2.38 bits per heavy atom. The van der Waals surface area contributed by atoms with E-state index in [2.05, 4.69) is 42.5 Å². The van der Waals surface area contributed by atoms with Gasteiger partial charge < -0.3 is 15.2 Å². The number of rotatable bonds is 7. The first-order valence-corrected chi connectivity index (χ1v) is 9.26. The predicted molar refractivity (Wildman–Crippen MR) is 112 cm³/mol. The molecule has 2 aromatic heterocycles. The molecule has 144 valence electrons. The molecule has 4 rings (SSSR count). The fourth-order valence-electron chi connectivity index (χ4n) is 2.87. The van der Waals surface area contributed by atoms with E-state index >= 15 is 0 Å². The van der Waals surface area contributed by atoms with Gasteiger partial charge in [0.15, 0.2) is 5.69 Å². The van der Waals surface area contributed by atoms with E-state index in [-0.39, 0.29) is 11.6 Å². The Bertz CT molecular complexity index is 1060. The van der Waals surface area contributed by atoms with Gasteiger partial charge in [0.25, 0.3) is 5.91 Å². The van der Waals surface area contributed by atoms with Gasteiger partial charge in [-0.3, -0.25) is 4.79 Å². The minimum absolute atomic E-state index is 0.255. The lowest BCUT2D eigenvalue weighted by atomic mass is 10.2. The van der Waals surface area contributed by atoms with Crippen molar-refractivity contribution in [2.75, 3.05) is 10.6 Å². The molecule has 0 radical (unpaired) electrons. The molecule has 0 aliphatic rings. The zero-order valence-corrected chi connectivity index (χ0v) is 15.7. The zero-order valence-electron chi connectivity index (χ0n) is 15.7. The molecule has 0 bridgehead atoms. The molecular weight excluding hydrogens is 364 g/mol. The number of para-hydroxylation sites is 1. The summed E-state index contributed by atoms with van der Waals surface area (Å²) in [6.07, 6.45) is 3.73.